The lowest BCUT2D eigenvalue weighted by molar-refractivity contribution is -0.384. The summed E-state index contributed by atoms with van der Waals surface area (Å²) in [4.78, 5) is 39.0. The smallest absolute Gasteiger partial charge is 0.455 e. The highest BCUT2D eigenvalue weighted by Crippen LogP contribution is 2.51. The number of amides is 2. The minimum atomic E-state index is -1.07. The van der Waals surface area contributed by atoms with E-state index in [9.17, 15) is 29.8 Å². The fraction of sp³-hybridized carbons (Fsp3) is 0.379. The number of nitro benzene ring substituents is 1. The monoisotopic (exact) mass is 530 g/mol. The summed E-state index contributed by atoms with van der Waals surface area (Å²) >= 11 is 0. The zero-order valence-corrected chi connectivity index (χ0v) is 21.9. The van der Waals surface area contributed by atoms with Gasteiger partial charge in [0.2, 0.25) is 11.8 Å². The van der Waals surface area contributed by atoms with Gasteiger partial charge in [-0.3, -0.25) is 19.7 Å². The van der Waals surface area contributed by atoms with Crippen molar-refractivity contribution in [2.45, 2.75) is 52.0 Å². The van der Waals surface area contributed by atoms with Crippen LogP contribution < -0.4 is 4.90 Å². The standard InChI is InChI=1S/C29H31BN2O7/c1-3-18(14-19-7-4-5-10-24(19)33)11-12-25-26-17(2)13-22-27(23(26)16-30(36)39-25)29(35)31(28(22)34)20-8-6-9-21(15-20)32(37)38/h4-10,14-15,22-23,25,27,33,36H,3,11-13,16H2,1-2H3/b18-14+/t22-,23+,25-,27-/m1/s1. The third-order valence-electron chi connectivity index (χ3n) is 8.23. The minimum absolute atomic E-state index is 0.192. The summed E-state index contributed by atoms with van der Waals surface area (Å²) in [7, 11) is -1.07. The third-order valence-corrected chi connectivity index (χ3v) is 8.23. The molecule has 0 aromatic heterocycles. The van der Waals surface area contributed by atoms with Gasteiger partial charge in [0, 0.05) is 17.7 Å². The van der Waals surface area contributed by atoms with Crippen molar-refractivity contribution in [2.75, 3.05) is 4.90 Å². The predicted octanol–water partition coefficient (Wildman–Crippen LogP) is 4.90. The summed E-state index contributed by atoms with van der Waals surface area (Å²) in [6, 6.07) is 12.7. The highest BCUT2D eigenvalue weighted by Gasteiger charge is 2.57. The number of nitro groups is 1. The molecule has 2 aromatic carbocycles. The Morgan fingerprint density at radius 2 is 1.95 bits per heavy atom. The molecule has 0 saturated carbocycles. The molecule has 0 radical (unpaired) electrons. The van der Waals surface area contributed by atoms with Crippen molar-refractivity contribution < 1.29 is 29.3 Å². The summed E-state index contributed by atoms with van der Waals surface area (Å²) in [5, 5.41) is 32.1. The van der Waals surface area contributed by atoms with Gasteiger partial charge in [-0.2, -0.15) is 0 Å². The third kappa shape index (κ3) is 5.02. The Hall–Kier alpha value is -3.76. The van der Waals surface area contributed by atoms with Gasteiger partial charge in [-0.05, 0) is 62.6 Å². The second-order valence-corrected chi connectivity index (χ2v) is 10.5. The van der Waals surface area contributed by atoms with E-state index in [0.717, 1.165) is 33.6 Å². The van der Waals surface area contributed by atoms with Crippen molar-refractivity contribution in [3.05, 3.63) is 80.9 Å². The number of phenolic OH excluding ortho intramolecular Hbond substituents is 1. The Labute approximate surface area is 227 Å². The van der Waals surface area contributed by atoms with Gasteiger partial charge in [-0.1, -0.05) is 48.4 Å². The van der Waals surface area contributed by atoms with Gasteiger partial charge in [-0.15, -0.1) is 0 Å². The normalized spacial score (nSPS) is 25.2. The Bertz CT molecular complexity index is 1390. The van der Waals surface area contributed by atoms with E-state index in [1.165, 1.54) is 24.3 Å². The van der Waals surface area contributed by atoms with Gasteiger partial charge >= 0.3 is 7.12 Å². The van der Waals surface area contributed by atoms with E-state index in [2.05, 4.69) is 0 Å². The van der Waals surface area contributed by atoms with Crippen LogP contribution in [0.1, 0.15) is 45.1 Å². The van der Waals surface area contributed by atoms with Crippen LogP contribution in [0.4, 0.5) is 11.4 Å². The van der Waals surface area contributed by atoms with Gasteiger partial charge in [0.05, 0.1) is 28.6 Å². The van der Waals surface area contributed by atoms with Crippen LogP contribution in [-0.4, -0.2) is 40.1 Å². The number of benzene rings is 2. The van der Waals surface area contributed by atoms with Crippen LogP contribution in [0.15, 0.2) is 65.3 Å². The molecule has 39 heavy (non-hydrogen) atoms. The molecule has 0 bridgehead atoms. The number of fused-ring (bicyclic) bond motifs is 3. The Morgan fingerprint density at radius 1 is 1.18 bits per heavy atom. The molecular weight excluding hydrogens is 499 g/mol. The zero-order chi connectivity index (χ0) is 27.8. The molecule has 1 aliphatic carbocycles. The van der Waals surface area contributed by atoms with Crippen LogP contribution >= 0.6 is 0 Å². The fourth-order valence-electron chi connectivity index (χ4n) is 6.42. The average molecular weight is 530 g/mol. The molecule has 2 amide bonds. The lowest BCUT2D eigenvalue weighted by Gasteiger charge is -2.42. The van der Waals surface area contributed by atoms with Crippen LogP contribution in [0.25, 0.3) is 6.08 Å². The zero-order valence-electron chi connectivity index (χ0n) is 21.9. The van der Waals surface area contributed by atoms with Crippen molar-refractivity contribution in [2.24, 2.45) is 17.8 Å². The molecule has 2 fully saturated rings. The number of aromatic hydroxyl groups is 1. The molecule has 2 heterocycles. The highest BCUT2D eigenvalue weighted by atomic mass is 16.6. The molecule has 2 saturated heterocycles. The van der Waals surface area contributed by atoms with Crippen molar-refractivity contribution in [3.63, 3.8) is 0 Å². The Kier molecular flexibility index (Phi) is 7.42. The number of non-ortho nitro benzene ring substituents is 1. The SMILES string of the molecule is CC/C(=C\c1ccccc1O)CC[C@H]1OB(O)C[C@H]2C1=C(C)C[C@H]1C(=O)N(c3cccc([N+](=O)[O-])c3)C(=O)[C@H]12. The summed E-state index contributed by atoms with van der Waals surface area (Å²) < 4.78 is 6.00. The van der Waals surface area contributed by atoms with Gasteiger partial charge < -0.3 is 14.8 Å². The largest absolute Gasteiger partial charge is 0.507 e. The molecule has 0 spiro atoms. The Balaban J connectivity index is 1.40. The van der Waals surface area contributed by atoms with Gasteiger partial charge in [-0.25, -0.2) is 4.90 Å². The van der Waals surface area contributed by atoms with Crippen LogP contribution in [0.3, 0.4) is 0 Å². The first-order valence-corrected chi connectivity index (χ1v) is 13.3. The first-order valence-electron chi connectivity index (χ1n) is 13.3. The first-order chi connectivity index (χ1) is 18.7. The molecule has 0 unspecified atom stereocenters. The fourth-order valence-corrected chi connectivity index (χ4v) is 6.42. The number of hydrogen-bond donors (Lipinski definition) is 2. The maximum atomic E-state index is 13.7. The van der Waals surface area contributed by atoms with Crippen molar-refractivity contribution in [1.29, 1.82) is 0 Å². The van der Waals surface area contributed by atoms with E-state index < -0.39 is 30.0 Å². The van der Waals surface area contributed by atoms with Gasteiger partial charge in [0.15, 0.2) is 0 Å². The van der Waals surface area contributed by atoms with Crippen LogP contribution in [0, 0.1) is 27.9 Å². The molecule has 4 atom stereocenters. The van der Waals surface area contributed by atoms with Crippen molar-refractivity contribution >= 4 is 36.4 Å². The Morgan fingerprint density at radius 3 is 2.67 bits per heavy atom. The van der Waals surface area contributed by atoms with Gasteiger partial charge in [0.25, 0.3) is 5.69 Å². The van der Waals surface area contributed by atoms with E-state index in [-0.39, 0.29) is 41.2 Å². The van der Waals surface area contributed by atoms with Crippen LogP contribution in [0.5, 0.6) is 5.75 Å². The topological polar surface area (TPSA) is 130 Å². The number of allylic oxidation sites excluding steroid dienone is 2. The summed E-state index contributed by atoms with van der Waals surface area (Å²) in [5.74, 6) is -2.13. The van der Waals surface area contributed by atoms with E-state index in [1.54, 1.807) is 12.1 Å². The number of phenols is 1. The molecule has 10 heteroatoms. The second kappa shape index (κ2) is 10.8. The molecular formula is C29H31BN2O7. The number of rotatable bonds is 7. The van der Waals surface area contributed by atoms with Crippen LogP contribution in [0.2, 0.25) is 6.32 Å². The highest BCUT2D eigenvalue weighted by molar-refractivity contribution is 6.43. The maximum Gasteiger partial charge on any atom is 0.455 e. The number of imide groups is 1. The predicted molar refractivity (Wildman–Crippen MR) is 147 cm³/mol. The molecule has 3 aliphatic rings. The minimum Gasteiger partial charge on any atom is -0.507 e. The molecule has 2 aromatic rings. The quantitative estimate of drug-likeness (QED) is 0.171. The van der Waals surface area contributed by atoms with Crippen molar-refractivity contribution in [1.82, 2.24) is 0 Å². The van der Waals surface area contributed by atoms with Gasteiger partial charge in [0.1, 0.15) is 5.75 Å². The number of carbonyl (C=O) groups excluding carboxylic acids is 2. The molecule has 2 aliphatic heterocycles. The number of nitrogens with zero attached hydrogens (tertiary/aromatic N) is 2. The van der Waals surface area contributed by atoms with Crippen molar-refractivity contribution in [3.8, 4) is 5.75 Å². The van der Waals surface area contributed by atoms with E-state index in [0.29, 0.717) is 19.3 Å². The lowest BCUT2D eigenvalue weighted by Crippen LogP contribution is -2.46. The van der Waals surface area contributed by atoms with E-state index in [1.807, 2.05) is 32.1 Å². The molecule has 9 nitrogen and oxygen atoms in total. The first kappa shape index (κ1) is 26.8. The average Bonchev–Trinajstić information content (AvgIpc) is 3.16. The number of anilines is 1. The molecule has 5 rings (SSSR count). The van der Waals surface area contributed by atoms with E-state index >= 15 is 0 Å². The van der Waals surface area contributed by atoms with E-state index in [4.69, 9.17) is 4.65 Å². The number of carbonyl (C=O) groups is 2. The second-order valence-electron chi connectivity index (χ2n) is 10.5. The summed E-state index contributed by atoms with van der Waals surface area (Å²) in [6.07, 6.45) is 4.21. The number of hydrogen-bond acceptors (Lipinski definition) is 7. The summed E-state index contributed by atoms with van der Waals surface area (Å²) in [5.41, 5.74) is 3.82. The summed E-state index contributed by atoms with van der Waals surface area (Å²) in [6.45, 7) is 4.01. The maximum absolute atomic E-state index is 13.7. The molecule has 202 valence electrons. The van der Waals surface area contributed by atoms with Crippen LogP contribution in [-0.2, 0) is 14.2 Å². The lowest BCUT2D eigenvalue weighted by atomic mass is 9.59. The number of para-hydroxylation sites is 1. The molecule has 2 N–H and O–H groups in total.